The summed E-state index contributed by atoms with van der Waals surface area (Å²) in [6.45, 7) is 3.93. The molecule has 106 valence electrons. The van der Waals surface area contributed by atoms with E-state index in [-0.39, 0.29) is 11.2 Å². The number of benzene rings is 1. The Morgan fingerprint density at radius 1 is 1.53 bits per heavy atom. The molecule has 0 fully saturated rings. The van der Waals surface area contributed by atoms with Crippen LogP contribution in [0.2, 0.25) is 5.02 Å². The molecule has 0 amide bonds. The second-order valence-corrected chi connectivity index (χ2v) is 6.52. The van der Waals surface area contributed by atoms with Crippen LogP contribution in [0.25, 0.3) is 0 Å². The number of hydrogen-bond donors (Lipinski definition) is 1. The number of methoxy groups -OCH3 is 1. The lowest BCUT2D eigenvalue weighted by atomic mass is 9.96. The van der Waals surface area contributed by atoms with Crippen LogP contribution in [-0.2, 0) is 9.53 Å². The molecule has 0 saturated heterocycles. The molecule has 5 heteroatoms. The van der Waals surface area contributed by atoms with Crippen LogP contribution in [0.5, 0.6) is 0 Å². The molecule has 1 aromatic rings. The van der Waals surface area contributed by atoms with Crippen molar-refractivity contribution < 1.29 is 9.53 Å². The summed E-state index contributed by atoms with van der Waals surface area (Å²) in [6.07, 6.45) is 0.659. The van der Waals surface area contributed by atoms with Gasteiger partial charge in [-0.15, -0.1) is 11.8 Å². The molecule has 0 spiro atoms. The molecule has 0 aliphatic rings. The summed E-state index contributed by atoms with van der Waals surface area (Å²) >= 11 is 7.80. The maximum Gasteiger partial charge on any atom is 0.325 e. The van der Waals surface area contributed by atoms with Gasteiger partial charge in [0.25, 0.3) is 0 Å². The average molecular weight is 302 g/mol. The van der Waals surface area contributed by atoms with E-state index in [4.69, 9.17) is 16.3 Å². The number of halogens is 1. The van der Waals surface area contributed by atoms with Gasteiger partial charge in [-0.25, -0.2) is 0 Å². The zero-order valence-electron chi connectivity index (χ0n) is 11.7. The molecular formula is C14H20ClNO2S. The molecule has 0 heterocycles. The number of carbonyl (C=O) groups is 1. The lowest BCUT2D eigenvalue weighted by Crippen LogP contribution is -2.49. The zero-order valence-corrected chi connectivity index (χ0v) is 13.3. The standard InChI is InChI=1S/C14H20ClNO2S/c1-10(9-14(2,16-3)13(17)18-4)19-12-8-6-5-7-11(12)15/h5-8,10,16H,9H2,1-4H3. The third kappa shape index (κ3) is 4.41. The van der Waals surface area contributed by atoms with E-state index in [1.165, 1.54) is 7.11 Å². The number of hydrogen-bond acceptors (Lipinski definition) is 4. The normalized spacial score (nSPS) is 15.6. The maximum absolute atomic E-state index is 11.8. The van der Waals surface area contributed by atoms with E-state index in [1.807, 2.05) is 31.2 Å². The van der Waals surface area contributed by atoms with Crippen molar-refractivity contribution >= 4 is 29.3 Å². The molecule has 1 aromatic carbocycles. The first kappa shape index (κ1) is 16.3. The molecule has 3 nitrogen and oxygen atoms in total. The van der Waals surface area contributed by atoms with Gasteiger partial charge in [0.1, 0.15) is 5.54 Å². The van der Waals surface area contributed by atoms with Crippen molar-refractivity contribution in [3.05, 3.63) is 29.3 Å². The Bertz CT molecular complexity index is 441. The monoisotopic (exact) mass is 301 g/mol. The molecule has 0 aliphatic heterocycles. The Morgan fingerprint density at radius 2 is 2.16 bits per heavy atom. The van der Waals surface area contributed by atoms with Crippen LogP contribution in [0.4, 0.5) is 0 Å². The Hall–Kier alpha value is -0.710. The number of thioether (sulfide) groups is 1. The maximum atomic E-state index is 11.8. The minimum atomic E-state index is -0.678. The predicted octanol–water partition coefficient (Wildman–Crippen LogP) is 3.36. The van der Waals surface area contributed by atoms with Crippen LogP contribution in [0.15, 0.2) is 29.2 Å². The highest BCUT2D eigenvalue weighted by molar-refractivity contribution is 8.00. The number of carbonyl (C=O) groups excluding carboxylic acids is 1. The van der Waals surface area contributed by atoms with E-state index >= 15 is 0 Å². The van der Waals surface area contributed by atoms with Gasteiger partial charge in [0.2, 0.25) is 0 Å². The number of esters is 1. The van der Waals surface area contributed by atoms with Gasteiger partial charge in [0, 0.05) is 10.1 Å². The zero-order chi connectivity index (χ0) is 14.5. The van der Waals surface area contributed by atoms with Crippen molar-refractivity contribution in [2.24, 2.45) is 0 Å². The lowest BCUT2D eigenvalue weighted by molar-refractivity contribution is -0.147. The number of ether oxygens (including phenoxy) is 1. The third-order valence-corrected chi connectivity index (χ3v) is 4.67. The first-order valence-corrected chi connectivity index (χ1v) is 7.37. The Labute approximate surface area is 124 Å². The van der Waals surface area contributed by atoms with Gasteiger partial charge in [-0.2, -0.15) is 0 Å². The van der Waals surface area contributed by atoms with E-state index in [0.29, 0.717) is 6.42 Å². The highest BCUT2D eigenvalue weighted by atomic mass is 35.5. The Balaban J connectivity index is 2.71. The molecule has 19 heavy (non-hydrogen) atoms. The Morgan fingerprint density at radius 3 is 2.68 bits per heavy atom. The number of likely N-dealkylation sites (N-methyl/N-ethyl adjacent to an activating group) is 1. The molecular weight excluding hydrogens is 282 g/mol. The largest absolute Gasteiger partial charge is 0.468 e. The van der Waals surface area contributed by atoms with Gasteiger partial charge in [-0.05, 0) is 32.5 Å². The summed E-state index contributed by atoms with van der Waals surface area (Å²) in [5.41, 5.74) is -0.678. The van der Waals surface area contributed by atoms with Crippen LogP contribution in [-0.4, -0.2) is 30.9 Å². The summed E-state index contributed by atoms with van der Waals surface area (Å²) < 4.78 is 4.84. The van der Waals surface area contributed by atoms with Gasteiger partial charge in [0.15, 0.2) is 0 Å². The van der Waals surface area contributed by atoms with Crippen LogP contribution in [0, 0.1) is 0 Å². The molecule has 2 atom stereocenters. The van der Waals surface area contributed by atoms with E-state index < -0.39 is 5.54 Å². The van der Waals surface area contributed by atoms with Gasteiger partial charge in [0.05, 0.1) is 12.1 Å². The molecule has 2 unspecified atom stereocenters. The van der Waals surface area contributed by atoms with Gasteiger partial charge >= 0.3 is 5.97 Å². The fourth-order valence-corrected chi connectivity index (χ4v) is 3.34. The second-order valence-electron chi connectivity index (χ2n) is 4.64. The van der Waals surface area contributed by atoms with E-state index in [2.05, 4.69) is 12.2 Å². The summed E-state index contributed by atoms with van der Waals surface area (Å²) in [6, 6.07) is 7.72. The highest BCUT2D eigenvalue weighted by Gasteiger charge is 2.34. The van der Waals surface area contributed by atoms with Crippen LogP contribution >= 0.6 is 23.4 Å². The van der Waals surface area contributed by atoms with Gasteiger partial charge < -0.3 is 10.1 Å². The topological polar surface area (TPSA) is 38.3 Å². The summed E-state index contributed by atoms with van der Waals surface area (Å²) in [4.78, 5) is 12.8. The predicted molar refractivity (Wildman–Crippen MR) is 80.9 cm³/mol. The Kier molecular flexibility index (Phi) is 6.17. The average Bonchev–Trinajstić information content (AvgIpc) is 2.40. The molecule has 1 rings (SSSR count). The van der Waals surface area contributed by atoms with E-state index in [1.54, 1.807) is 18.8 Å². The van der Waals surface area contributed by atoms with Crippen molar-refractivity contribution in [2.75, 3.05) is 14.2 Å². The van der Waals surface area contributed by atoms with E-state index in [9.17, 15) is 4.79 Å². The molecule has 0 aromatic heterocycles. The molecule has 1 N–H and O–H groups in total. The first-order chi connectivity index (χ1) is 8.92. The van der Waals surface area contributed by atoms with Crippen molar-refractivity contribution in [1.29, 1.82) is 0 Å². The fraction of sp³-hybridized carbons (Fsp3) is 0.500. The van der Waals surface area contributed by atoms with Crippen molar-refractivity contribution in [1.82, 2.24) is 5.32 Å². The molecule has 0 radical (unpaired) electrons. The lowest BCUT2D eigenvalue weighted by Gasteiger charge is -2.28. The van der Waals surface area contributed by atoms with Crippen LogP contribution < -0.4 is 5.32 Å². The quantitative estimate of drug-likeness (QED) is 0.646. The van der Waals surface area contributed by atoms with Crippen molar-refractivity contribution in [3.8, 4) is 0 Å². The van der Waals surface area contributed by atoms with Crippen molar-refractivity contribution in [2.45, 2.75) is 36.0 Å². The fourth-order valence-electron chi connectivity index (χ4n) is 1.89. The van der Waals surface area contributed by atoms with Crippen LogP contribution in [0.3, 0.4) is 0 Å². The van der Waals surface area contributed by atoms with Gasteiger partial charge in [-0.3, -0.25) is 4.79 Å². The minimum Gasteiger partial charge on any atom is -0.468 e. The van der Waals surface area contributed by atoms with E-state index in [0.717, 1.165) is 9.92 Å². The third-order valence-electron chi connectivity index (χ3n) is 3.05. The summed E-state index contributed by atoms with van der Waals surface area (Å²) in [5.74, 6) is -0.249. The summed E-state index contributed by atoms with van der Waals surface area (Å²) in [5, 5.41) is 4.01. The SMILES string of the molecule is CNC(C)(CC(C)Sc1ccccc1Cl)C(=O)OC. The molecule has 0 saturated carbocycles. The van der Waals surface area contributed by atoms with Gasteiger partial charge in [-0.1, -0.05) is 30.7 Å². The number of rotatable bonds is 6. The molecule has 0 aliphatic carbocycles. The second kappa shape index (κ2) is 7.17. The molecule has 0 bridgehead atoms. The highest BCUT2D eigenvalue weighted by Crippen LogP contribution is 2.33. The minimum absolute atomic E-state index is 0.233. The first-order valence-electron chi connectivity index (χ1n) is 6.11. The smallest absolute Gasteiger partial charge is 0.325 e. The summed E-state index contributed by atoms with van der Waals surface area (Å²) in [7, 11) is 3.17. The van der Waals surface area contributed by atoms with Crippen molar-refractivity contribution in [3.63, 3.8) is 0 Å². The number of nitrogens with one attached hydrogen (secondary N) is 1. The van der Waals surface area contributed by atoms with Crippen LogP contribution in [0.1, 0.15) is 20.3 Å².